The Balaban J connectivity index is 0.000000463. The van der Waals surface area contributed by atoms with Gasteiger partial charge in [-0.3, -0.25) is 9.56 Å². The van der Waals surface area contributed by atoms with Gasteiger partial charge in [0.25, 0.3) is 10.1 Å². The Labute approximate surface area is 135 Å². The van der Waals surface area contributed by atoms with Crippen molar-refractivity contribution in [3.05, 3.63) is 48.0 Å². The van der Waals surface area contributed by atoms with Crippen molar-refractivity contribution in [2.45, 2.75) is 13.5 Å². The van der Waals surface area contributed by atoms with Crippen LogP contribution >= 0.6 is 0 Å². The summed E-state index contributed by atoms with van der Waals surface area (Å²) >= 11 is 0. The van der Waals surface area contributed by atoms with E-state index in [4.69, 9.17) is 10.4 Å². The number of rotatable bonds is 3. The third-order valence-electron chi connectivity index (χ3n) is 2.76. The highest BCUT2D eigenvalue weighted by molar-refractivity contribution is 7.85. The largest absolute Gasteiger partial charge is 0.337 e. The van der Waals surface area contributed by atoms with Crippen LogP contribution in [0.15, 0.2) is 42.5 Å². The highest BCUT2D eigenvalue weighted by Crippen LogP contribution is 2.16. The van der Waals surface area contributed by atoms with Crippen LogP contribution in [0.25, 0.3) is 10.8 Å². The van der Waals surface area contributed by atoms with Crippen LogP contribution in [-0.4, -0.2) is 36.8 Å². The topological polar surface area (TPSA) is 113 Å². The maximum Gasteiger partial charge on any atom is 0.331 e. The molecule has 2 rings (SSSR count). The molecule has 0 saturated carbocycles. The fourth-order valence-electron chi connectivity index (χ4n) is 1.86. The maximum absolute atomic E-state index is 11.5. The van der Waals surface area contributed by atoms with E-state index in [1.54, 1.807) is 0 Å². The van der Waals surface area contributed by atoms with Gasteiger partial charge >= 0.3 is 6.03 Å². The number of hydrogen-bond donors (Lipinski definition) is 3. The number of nitrogens with two attached hydrogens (primary N) is 1. The van der Waals surface area contributed by atoms with Crippen LogP contribution in [0, 0.1) is 0 Å². The molecule has 0 aromatic heterocycles. The summed E-state index contributed by atoms with van der Waals surface area (Å²) in [6.07, 6.45) is 0.715. The van der Waals surface area contributed by atoms with E-state index in [9.17, 15) is 13.2 Å². The molecule has 0 heterocycles. The van der Waals surface area contributed by atoms with Gasteiger partial charge in [0.1, 0.15) is 0 Å². The van der Waals surface area contributed by atoms with Crippen LogP contribution < -0.4 is 11.2 Å². The Hall–Kier alpha value is -2.16. The van der Waals surface area contributed by atoms with Crippen LogP contribution in [-0.2, 0) is 16.7 Å². The van der Waals surface area contributed by atoms with Crippen molar-refractivity contribution in [2.75, 3.05) is 12.8 Å². The molecular weight excluding hydrogens is 318 g/mol. The minimum atomic E-state index is -3.67. The normalized spacial score (nSPS) is 10.6. The van der Waals surface area contributed by atoms with Crippen LogP contribution in [0.1, 0.15) is 12.5 Å². The summed E-state index contributed by atoms with van der Waals surface area (Å²) in [5.74, 6) is 5.70. The van der Waals surface area contributed by atoms with Crippen LogP contribution in [0.3, 0.4) is 0 Å². The van der Waals surface area contributed by atoms with E-state index in [-0.39, 0.29) is 6.03 Å². The second-order valence-corrected chi connectivity index (χ2v) is 6.34. The standard InChI is InChI=1S/C14H17N3O.CH4O3S/c1-2-16-14(18)17(15)10-11-7-8-12-5-3-4-6-13(12)9-11;1-5(2,3)4/h3-9H,2,10,15H2,1H3,(H,16,18);1H3,(H,2,3,4). The number of urea groups is 1. The molecule has 126 valence electrons. The molecule has 23 heavy (non-hydrogen) atoms. The molecule has 0 unspecified atom stereocenters. The Bertz CT molecular complexity index is 754. The van der Waals surface area contributed by atoms with Crippen molar-refractivity contribution in [1.29, 1.82) is 0 Å². The Morgan fingerprint density at radius 3 is 2.35 bits per heavy atom. The number of nitrogens with zero attached hydrogens (tertiary/aromatic N) is 1. The van der Waals surface area contributed by atoms with Crippen LogP contribution in [0.4, 0.5) is 4.79 Å². The maximum atomic E-state index is 11.5. The van der Waals surface area contributed by atoms with Gasteiger partial charge in [0.05, 0.1) is 12.8 Å². The molecule has 8 heteroatoms. The quantitative estimate of drug-likeness (QED) is 0.341. The molecule has 4 N–H and O–H groups in total. The monoisotopic (exact) mass is 339 g/mol. The van der Waals surface area contributed by atoms with Crippen molar-refractivity contribution in [3.63, 3.8) is 0 Å². The minimum Gasteiger partial charge on any atom is -0.337 e. The molecule has 0 bridgehead atoms. The fourth-order valence-corrected chi connectivity index (χ4v) is 1.86. The molecule has 0 atom stereocenters. The van der Waals surface area contributed by atoms with Gasteiger partial charge in [-0.1, -0.05) is 36.4 Å². The zero-order chi connectivity index (χ0) is 17.5. The second-order valence-electron chi connectivity index (χ2n) is 4.88. The van der Waals surface area contributed by atoms with Gasteiger partial charge in [-0.2, -0.15) is 8.42 Å². The summed E-state index contributed by atoms with van der Waals surface area (Å²) in [6.45, 7) is 2.84. The van der Waals surface area contributed by atoms with Gasteiger partial charge in [-0.05, 0) is 29.3 Å². The van der Waals surface area contributed by atoms with E-state index in [2.05, 4.69) is 17.4 Å². The second kappa shape index (κ2) is 8.47. The molecule has 2 aromatic rings. The van der Waals surface area contributed by atoms with Crippen molar-refractivity contribution in [1.82, 2.24) is 10.3 Å². The third-order valence-corrected chi connectivity index (χ3v) is 2.76. The summed E-state index contributed by atoms with van der Waals surface area (Å²) < 4.78 is 25.9. The van der Waals surface area contributed by atoms with Gasteiger partial charge in [-0.25, -0.2) is 10.6 Å². The summed E-state index contributed by atoms with van der Waals surface area (Å²) in [7, 11) is -3.67. The highest BCUT2D eigenvalue weighted by atomic mass is 32.2. The van der Waals surface area contributed by atoms with Crippen LogP contribution in [0.2, 0.25) is 0 Å². The summed E-state index contributed by atoms with van der Waals surface area (Å²) in [4.78, 5) is 11.5. The lowest BCUT2D eigenvalue weighted by Gasteiger charge is -2.17. The third kappa shape index (κ3) is 7.59. The average Bonchev–Trinajstić information content (AvgIpc) is 2.45. The van der Waals surface area contributed by atoms with Gasteiger partial charge in [0, 0.05) is 6.54 Å². The molecule has 0 aliphatic carbocycles. The fraction of sp³-hybridized carbons (Fsp3) is 0.267. The molecule has 0 radical (unpaired) electrons. The SMILES string of the molecule is CCNC(=O)N(N)Cc1ccc2ccccc2c1.CS(=O)(=O)O. The van der Waals surface area contributed by atoms with E-state index < -0.39 is 10.1 Å². The van der Waals surface area contributed by atoms with E-state index in [0.29, 0.717) is 19.3 Å². The number of fused-ring (bicyclic) bond motifs is 1. The number of hydrogen-bond acceptors (Lipinski definition) is 4. The summed E-state index contributed by atoms with van der Waals surface area (Å²) in [5, 5.41) is 6.19. The lowest BCUT2D eigenvalue weighted by atomic mass is 10.1. The number of hydrazine groups is 1. The van der Waals surface area contributed by atoms with E-state index in [1.165, 1.54) is 10.4 Å². The molecule has 0 fully saturated rings. The van der Waals surface area contributed by atoms with Crippen molar-refractivity contribution >= 4 is 26.9 Å². The lowest BCUT2D eigenvalue weighted by molar-refractivity contribution is 0.197. The molecule has 2 aromatic carbocycles. The number of nitrogens with one attached hydrogen (secondary N) is 1. The number of carbonyl (C=O) groups is 1. The number of amides is 2. The van der Waals surface area contributed by atoms with E-state index in [1.807, 2.05) is 37.3 Å². The molecule has 2 amide bonds. The van der Waals surface area contributed by atoms with Crippen molar-refractivity contribution < 1.29 is 17.8 Å². The van der Waals surface area contributed by atoms with Gasteiger partial charge in [-0.15, -0.1) is 0 Å². The predicted octanol–water partition coefficient (Wildman–Crippen LogP) is 1.75. The first-order valence-electron chi connectivity index (χ1n) is 6.91. The molecular formula is C15H21N3O4S. The Kier molecular flexibility index (Phi) is 6.95. The zero-order valence-corrected chi connectivity index (χ0v) is 13.9. The average molecular weight is 339 g/mol. The van der Waals surface area contributed by atoms with Crippen molar-refractivity contribution in [2.24, 2.45) is 5.84 Å². The lowest BCUT2D eigenvalue weighted by Crippen LogP contribution is -2.43. The first kappa shape index (κ1) is 18.9. The zero-order valence-electron chi connectivity index (χ0n) is 13.1. The Morgan fingerprint density at radius 1 is 1.22 bits per heavy atom. The van der Waals surface area contributed by atoms with Crippen LogP contribution in [0.5, 0.6) is 0 Å². The van der Waals surface area contributed by atoms with Gasteiger partial charge in [0.2, 0.25) is 0 Å². The molecule has 7 nitrogen and oxygen atoms in total. The first-order chi connectivity index (χ1) is 10.7. The highest BCUT2D eigenvalue weighted by Gasteiger charge is 2.08. The predicted molar refractivity (Wildman–Crippen MR) is 90.2 cm³/mol. The smallest absolute Gasteiger partial charge is 0.331 e. The first-order valence-corrected chi connectivity index (χ1v) is 8.75. The van der Waals surface area contributed by atoms with Gasteiger partial charge in [0.15, 0.2) is 0 Å². The Morgan fingerprint density at radius 2 is 1.78 bits per heavy atom. The number of carbonyl (C=O) groups excluding carboxylic acids is 1. The molecule has 0 aliphatic rings. The van der Waals surface area contributed by atoms with Gasteiger partial charge < -0.3 is 5.32 Å². The summed E-state index contributed by atoms with van der Waals surface area (Å²) in [6, 6.07) is 13.9. The van der Waals surface area contributed by atoms with E-state index in [0.717, 1.165) is 10.9 Å². The van der Waals surface area contributed by atoms with E-state index >= 15 is 0 Å². The minimum absolute atomic E-state index is 0.259. The number of benzene rings is 2. The summed E-state index contributed by atoms with van der Waals surface area (Å²) in [5.41, 5.74) is 1.02. The molecule has 0 spiro atoms. The van der Waals surface area contributed by atoms with Crippen molar-refractivity contribution in [3.8, 4) is 0 Å². The molecule has 0 aliphatic heterocycles. The molecule has 0 saturated heterocycles.